The summed E-state index contributed by atoms with van der Waals surface area (Å²) in [6.45, 7) is 10.6. The molecule has 4 saturated carbocycles. The zero-order valence-electron chi connectivity index (χ0n) is 26.5. The number of carbonyl (C=O) groups is 2. The molecule has 2 heterocycles. The van der Waals surface area contributed by atoms with Gasteiger partial charge in [0, 0.05) is 54.8 Å². The Kier molecular flexibility index (Phi) is 6.64. The number of unbranched alkanes of at least 4 members (excludes halogenated alkanes) is 1. The first-order valence-corrected chi connectivity index (χ1v) is 16.6. The van der Waals surface area contributed by atoms with Crippen molar-refractivity contribution in [3.05, 3.63) is 23.3 Å². The Morgan fingerprint density at radius 1 is 1.09 bits per heavy atom. The van der Waals surface area contributed by atoms with Crippen molar-refractivity contribution in [1.82, 2.24) is 4.90 Å². The summed E-state index contributed by atoms with van der Waals surface area (Å²) < 4.78 is 19.8. The number of likely N-dealkylation sites (tertiary alicyclic amines) is 1. The van der Waals surface area contributed by atoms with Gasteiger partial charge >= 0.3 is 11.9 Å². The third kappa shape index (κ3) is 3.97. The number of hydrogen-bond acceptors (Lipinski definition) is 7. The number of aliphatic hydroxyl groups is 1. The monoisotopic (exact) mass is 595 g/mol. The van der Waals surface area contributed by atoms with E-state index < -0.39 is 17.2 Å². The van der Waals surface area contributed by atoms with Crippen molar-refractivity contribution < 1.29 is 34.0 Å². The molecule has 1 saturated heterocycles. The number of methoxy groups -OCH3 is 1. The zero-order chi connectivity index (χ0) is 30.6. The molecule has 7 atom stereocenters. The zero-order valence-corrected chi connectivity index (χ0v) is 26.5. The third-order valence-electron chi connectivity index (χ3n) is 13.1. The lowest BCUT2D eigenvalue weighted by molar-refractivity contribution is -0.312. The molecule has 2 spiro atoms. The van der Waals surface area contributed by atoms with Gasteiger partial charge in [-0.05, 0) is 94.2 Å². The number of benzene rings is 1. The molecular formula is C35H49NO7. The van der Waals surface area contributed by atoms with Crippen molar-refractivity contribution >= 4 is 11.9 Å². The summed E-state index contributed by atoms with van der Waals surface area (Å²) in [6, 6.07) is 4.44. The molecule has 8 nitrogen and oxygen atoms in total. The van der Waals surface area contributed by atoms with E-state index in [9.17, 15) is 14.7 Å². The van der Waals surface area contributed by atoms with Crippen LogP contribution < -0.4 is 9.47 Å². The number of carboxylic acid groups (broad SMARTS) is 1. The van der Waals surface area contributed by atoms with Crippen LogP contribution in [0.5, 0.6) is 11.5 Å². The van der Waals surface area contributed by atoms with Crippen LogP contribution in [-0.4, -0.2) is 70.6 Å². The normalized spacial score (nSPS) is 36.9. The maximum Gasteiger partial charge on any atom is 0.311 e. The summed E-state index contributed by atoms with van der Waals surface area (Å²) in [5.41, 5.74) is 0.176. The van der Waals surface area contributed by atoms with Crippen LogP contribution in [0, 0.1) is 22.7 Å². The predicted octanol–water partition coefficient (Wildman–Crippen LogP) is 5.26. The fraction of sp³-hybridized carbons (Fsp3) is 0.771. The Balaban J connectivity index is 1.32. The van der Waals surface area contributed by atoms with Gasteiger partial charge in [-0.1, -0.05) is 26.8 Å². The number of carbonyl (C=O) groups excluding carboxylic acids is 1. The minimum Gasteiger partial charge on any atom is -0.482 e. The van der Waals surface area contributed by atoms with E-state index >= 15 is 0 Å². The highest BCUT2D eigenvalue weighted by atomic mass is 16.6. The number of nitrogens with zero attached hydrogens (tertiary/aromatic N) is 1. The Labute approximate surface area is 255 Å². The number of esters is 1. The van der Waals surface area contributed by atoms with E-state index in [-0.39, 0.29) is 47.1 Å². The number of carboxylic acids is 1. The van der Waals surface area contributed by atoms with E-state index in [0.717, 1.165) is 51.1 Å². The second-order valence-corrected chi connectivity index (χ2v) is 15.8. The lowest BCUT2D eigenvalue weighted by atomic mass is 9.33. The molecule has 43 heavy (non-hydrogen) atoms. The molecule has 0 aromatic heterocycles. The lowest BCUT2D eigenvalue weighted by Gasteiger charge is -2.75. The van der Waals surface area contributed by atoms with Gasteiger partial charge in [-0.25, -0.2) is 0 Å². The predicted molar refractivity (Wildman–Crippen MR) is 160 cm³/mol. The molecule has 5 fully saturated rings. The molecule has 1 aromatic rings. The first-order valence-electron chi connectivity index (χ1n) is 16.6. The average Bonchev–Trinajstić information content (AvgIpc) is 3.69. The van der Waals surface area contributed by atoms with Gasteiger partial charge in [0.25, 0.3) is 0 Å². The smallest absolute Gasteiger partial charge is 0.311 e. The lowest BCUT2D eigenvalue weighted by Crippen LogP contribution is -2.83. The van der Waals surface area contributed by atoms with Crippen molar-refractivity contribution in [2.75, 3.05) is 20.2 Å². The molecular weight excluding hydrogens is 546 g/mol. The van der Waals surface area contributed by atoms with Crippen molar-refractivity contribution in [3.8, 4) is 11.5 Å². The molecule has 0 amide bonds. The van der Waals surface area contributed by atoms with Crippen LogP contribution in [-0.2, 0) is 26.2 Å². The molecule has 236 valence electrons. The summed E-state index contributed by atoms with van der Waals surface area (Å²) >= 11 is 0. The van der Waals surface area contributed by atoms with E-state index in [0.29, 0.717) is 30.4 Å². The maximum absolute atomic E-state index is 13.0. The van der Waals surface area contributed by atoms with Gasteiger partial charge in [0.2, 0.25) is 0 Å². The van der Waals surface area contributed by atoms with Gasteiger partial charge in [0.1, 0.15) is 11.7 Å². The Bertz CT molecular complexity index is 1330. The number of ether oxygens (including phenoxy) is 3. The van der Waals surface area contributed by atoms with Crippen LogP contribution in [0.15, 0.2) is 12.1 Å². The van der Waals surface area contributed by atoms with Gasteiger partial charge in [-0.2, -0.15) is 0 Å². The van der Waals surface area contributed by atoms with Crippen LogP contribution in [0.25, 0.3) is 0 Å². The Hall–Kier alpha value is -2.16. The van der Waals surface area contributed by atoms with Crippen LogP contribution in [0.1, 0.15) is 103 Å². The number of aliphatic carboxylic acids is 1. The fourth-order valence-electron chi connectivity index (χ4n) is 10.4. The van der Waals surface area contributed by atoms with E-state index in [2.05, 4.69) is 31.7 Å². The largest absolute Gasteiger partial charge is 0.482 e. The molecule has 2 N–H and O–H groups in total. The van der Waals surface area contributed by atoms with E-state index in [1.54, 1.807) is 7.11 Å². The molecule has 2 aliphatic heterocycles. The second-order valence-electron chi connectivity index (χ2n) is 15.8. The van der Waals surface area contributed by atoms with Crippen molar-refractivity contribution in [2.45, 2.75) is 127 Å². The molecule has 5 aliphatic carbocycles. The summed E-state index contributed by atoms with van der Waals surface area (Å²) in [4.78, 5) is 26.7. The molecule has 7 aliphatic rings. The molecule has 8 heteroatoms. The van der Waals surface area contributed by atoms with Gasteiger partial charge in [0.05, 0.1) is 5.60 Å². The van der Waals surface area contributed by atoms with Crippen molar-refractivity contribution in [1.29, 1.82) is 0 Å². The Morgan fingerprint density at radius 2 is 1.84 bits per heavy atom. The number of fused-ring (bicyclic) bond motifs is 2. The summed E-state index contributed by atoms with van der Waals surface area (Å²) in [6.07, 6.45) is 8.18. The molecule has 1 aromatic carbocycles. The summed E-state index contributed by atoms with van der Waals surface area (Å²) in [5, 5.41) is 21.3. The van der Waals surface area contributed by atoms with E-state index in [4.69, 9.17) is 19.3 Å². The molecule has 0 radical (unpaired) electrons. The van der Waals surface area contributed by atoms with Gasteiger partial charge in [0.15, 0.2) is 11.5 Å². The summed E-state index contributed by atoms with van der Waals surface area (Å²) in [5.74, 6) is 0.625. The average molecular weight is 596 g/mol. The first kappa shape index (κ1) is 29.5. The first-order chi connectivity index (χ1) is 20.3. The second kappa shape index (κ2) is 9.67. The Morgan fingerprint density at radius 3 is 2.51 bits per heavy atom. The van der Waals surface area contributed by atoms with E-state index in [1.807, 2.05) is 13.0 Å². The van der Waals surface area contributed by atoms with E-state index in [1.165, 1.54) is 24.0 Å². The minimum absolute atomic E-state index is 0.0459. The topological polar surface area (TPSA) is 106 Å². The van der Waals surface area contributed by atoms with Crippen LogP contribution >= 0.6 is 0 Å². The summed E-state index contributed by atoms with van der Waals surface area (Å²) in [7, 11) is 1.80. The molecule has 4 bridgehead atoms. The SMILES string of the molecule is COC12CCC3(CC1C(C)(O)C(C)(C)C)C1Cc4ccc(OC(=O)CCCCC(=O)O)c5c4C3(CCN1CC1CC1)C2O5. The fourth-order valence-corrected chi connectivity index (χ4v) is 10.4. The molecule has 7 unspecified atom stereocenters. The number of hydrogen-bond donors (Lipinski definition) is 2. The number of piperidine rings is 1. The quantitative estimate of drug-likeness (QED) is 0.215. The molecule has 8 rings (SSSR count). The van der Waals surface area contributed by atoms with Crippen LogP contribution in [0.4, 0.5) is 0 Å². The van der Waals surface area contributed by atoms with Crippen molar-refractivity contribution in [2.24, 2.45) is 22.7 Å². The van der Waals surface area contributed by atoms with Gasteiger partial charge < -0.3 is 24.4 Å². The highest BCUT2D eigenvalue weighted by Crippen LogP contribution is 2.78. The highest BCUT2D eigenvalue weighted by Gasteiger charge is 2.82. The minimum atomic E-state index is -0.989. The third-order valence-corrected chi connectivity index (χ3v) is 13.1. The standard InChI is InChI=1S/C35H49NO7/c1-31(2,3)32(4,40)24-19-33-14-15-35(24,41-5)30-34(33)16-17-36(20-21-10-11-21)25(33)18-22-12-13-23(29(43-30)28(22)34)42-27(39)9-7-6-8-26(37)38/h12-13,21,24-25,30,40H,6-11,14-20H2,1-5H3,(H,37,38). The van der Waals surface area contributed by atoms with Gasteiger partial charge in [-0.3, -0.25) is 14.5 Å². The van der Waals surface area contributed by atoms with Crippen molar-refractivity contribution in [3.63, 3.8) is 0 Å². The maximum atomic E-state index is 13.0. The van der Waals surface area contributed by atoms with Gasteiger partial charge in [-0.15, -0.1) is 0 Å². The van der Waals surface area contributed by atoms with Crippen LogP contribution in [0.2, 0.25) is 0 Å². The number of rotatable bonds is 10. The van der Waals surface area contributed by atoms with Crippen LogP contribution in [0.3, 0.4) is 0 Å². The highest BCUT2D eigenvalue weighted by molar-refractivity contribution is 5.75.